The van der Waals surface area contributed by atoms with E-state index in [9.17, 15) is 5.11 Å². The maximum atomic E-state index is 9.50. The lowest BCUT2D eigenvalue weighted by molar-refractivity contribution is 0.132. The molecule has 0 aromatic carbocycles. The van der Waals surface area contributed by atoms with Crippen molar-refractivity contribution in [3.8, 4) is 0 Å². The van der Waals surface area contributed by atoms with Gasteiger partial charge in [-0.1, -0.05) is 26.7 Å². The molecular weight excluding hydrogens is 198 g/mol. The van der Waals surface area contributed by atoms with Crippen molar-refractivity contribution < 1.29 is 5.11 Å². The Labute approximate surface area is 101 Å². The molecule has 1 aliphatic rings. The highest BCUT2D eigenvalue weighted by atomic mass is 16.3. The Morgan fingerprint density at radius 2 is 2.12 bits per heavy atom. The molecule has 0 aliphatic heterocycles. The number of rotatable bonds is 6. The van der Waals surface area contributed by atoms with E-state index < -0.39 is 0 Å². The summed E-state index contributed by atoms with van der Waals surface area (Å²) in [6.07, 6.45) is 8.46. The average Bonchev–Trinajstić information content (AvgIpc) is 2.28. The number of hydrogen-bond donors (Lipinski definition) is 1. The summed E-state index contributed by atoms with van der Waals surface area (Å²) in [5.41, 5.74) is 0. The third kappa shape index (κ3) is 4.84. The Hall–Kier alpha value is -0.0800. The normalized spacial score (nSPS) is 28.3. The fraction of sp³-hybridized carbons (Fsp3) is 1.00. The zero-order valence-corrected chi connectivity index (χ0v) is 11.3. The fourth-order valence-electron chi connectivity index (χ4n) is 2.77. The lowest BCUT2D eigenvalue weighted by Gasteiger charge is -2.34. The van der Waals surface area contributed by atoms with Gasteiger partial charge in [0.15, 0.2) is 0 Å². The van der Waals surface area contributed by atoms with Crippen molar-refractivity contribution in [1.29, 1.82) is 0 Å². The summed E-state index contributed by atoms with van der Waals surface area (Å²) >= 11 is 0. The molecule has 1 saturated carbocycles. The van der Waals surface area contributed by atoms with Crippen LogP contribution in [0.1, 0.15) is 58.8 Å². The minimum atomic E-state index is -0.0846. The van der Waals surface area contributed by atoms with E-state index in [-0.39, 0.29) is 6.10 Å². The Morgan fingerprint density at radius 1 is 1.38 bits per heavy atom. The van der Waals surface area contributed by atoms with Crippen LogP contribution >= 0.6 is 0 Å². The first-order valence-corrected chi connectivity index (χ1v) is 7.01. The molecule has 1 rings (SSSR count). The van der Waals surface area contributed by atoms with E-state index in [0.29, 0.717) is 0 Å². The van der Waals surface area contributed by atoms with Crippen LogP contribution in [0.15, 0.2) is 0 Å². The van der Waals surface area contributed by atoms with E-state index in [0.717, 1.165) is 37.8 Å². The largest absolute Gasteiger partial charge is 0.393 e. The molecule has 1 aliphatic carbocycles. The quantitative estimate of drug-likeness (QED) is 0.754. The molecule has 0 spiro atoms. The van der Waals surface area contributed by atoms with Crippen molar-refractivity contribution in [3.63, 3.8) is 0 Å². The van der Waals surface area contributed by atoms with Gasteiger partial charge in [-0.05, 0) is 51.6 Å². The van der Waals surface area contributed by atoms with Crippen molar-refractivity contribution in [1.82, 2.24) is 4.90 Å². The van der Waals surface area contributed by atoms with Crippen molar-refractivity contribution >= 4 is 0 Å². The van der Waals surface area contributed by atoms with E-state index in [1.807, 2.05) is 0 Å². The second-order valence-electron chi connectivity index (χ2n) is 5.61. The molecule has 1 N–H and O–H groups in total. The molecule has 0 heterocycles. The van der Waals surface area contributed by atoms with Gasteiger partial charge in [-0.3, -0.25) is 0 Å². The van der Waals surface area contributed by atoms with Gasteiger partial charge in [0.1, 0.15) is 0 Å². The van der Waals surface area contributed by atoms with Gasteiger partial charge in [0, 0.05) is 6.04 Å². The number of hydrogen-bond acceptors (Lipinski definition) is 2. The summed E-state index contributed by atoms with van der Waals surface area (Å²) < 4.78 is 0. The first-order chi connectivity index (χ1) is 7.63. The monoisotopic (exact) mass is 227 g/mol. The van der Waals surface area contributed by atoms with Gasteiger partial charge in [0.2, 0.25) is 0 Å². The minimum Gasteiger partial charge on any atom is -0.393 e. The summed E-state index contributed by atoms with van der Waals surface area (Å²) in [5.74, 6) is 0.905. The predicted molar refractivity (Wildman–Crippen MR) is 69.6 cm³/mol. The first kappa shape index (κ1) is 14.0. The highest BCUT2D eigenvalue weighted by Gasteiger charge is 2.21. The molecule has 0 aromatic heterocycles. The maximum Gasteiger partial charge on any atom is 0.0538 e. The second-order valence-corrected chi connectivity index (χ2v) is 5.61. The van der Waals surface area contributed by atoms with E-state index in [4.69, 9.17) is 0 Å². The number of aliphatic hydroxyl groups excluding tert-OH is 1. The molecule has 96 valence electrons. The van der Waals surface area contributed by atoms with Crippen LogP contribution in [-0.4, -0.2) is 35.7 Å². The zero-order valence-electron chi connectivity index (χ0n) is 11.3. The molecule has 16 heavy (non-hydrogen) atoms. The molecule has 0 aromatic rings. The van der Waals surface area contributed by atoms with Crippen molar-refractivity contribution in [2.75, 3.05) is 13.6 Å². The standard InChI is InChI=1S/C14H29NO/c1-4-14(16)9-6-10-15(3)13-8-5-7-12(2)11-13/h12-14,16H,4-11H2,1-3H3. The van der Waals surface area contributed by atoms with Gasteiger partial charge < -0.3 is 10.0 Å². The van der Waals surface area contributed by atoms with Gasteiger partial charge in [-0.2, -0.15) is 0 Å². The summed E-state index contributed by atoms with van der Waals surface area (Å²) in [6, 6.07) is 0.794. The molecule has 1 fully saturated rings. The maximum absolute atomic E-state index is 9.50. The zero-order chi connectivity index (χ0) is 12.0. The van der Waals surface area contributed by atoms with Gasteiger partial charge in [-0.25, -0.2) is 0 Å². The Kier molecular flexibility index (Phi) is 6.37. The number of aliphatic hydroxyl groups is 1. The van der Waals surface area contributed by atoms with E-state index in [1.165, 1.54) is 25.7 Å². The minimum absolute atomic E-state index is 0.0846. The third-order valence-electron chi connectivity index (χ3n) is 4.05. The Morgan fingerprint density at radius 3 is 2.75 bits per heavy atom. The smallest absolute Gasteiger partial charge is 0.0538 e. The summed E-state index contributed by atoms with van der Waals surface area (Å²) in [7, 11) is 2.25. The van der Waals surface area contributed by atoms with Crippen LogP contribution in [0.5, 0.6) is 0 Å². The highest BCUT2D eigenvalue weighted by molar-refractivity contribution is 4.77. The van der Waals surface area contributed by atoms with Gasteiger partial charge in [0.05, 0.1) is 6.10 Å². The van der Waals surface area contributed by atoms with E-state index in [1.54, 1.807) is 0 Å². The highest BCUT2D eigenvalue weighted by Crippen LogP contribution is 2.26. The molecular formula is C14H29NO. The van der Waals surface area contributed by atoms with E-state index >= 15 is 0 Å². The van der Waals surface area contributed by atoms with Gasteiger partial charge >= 0.3 is 0 Å². The molecule has 2 nitrogen and oxygen atoms in total. The van der Waals surface area contributed by atoms with Crippen molar-refractivity contribution in [2.45, 2.75) is 70.9 Å². The van der Waals surface area contributed by atoms with Crippen molar-refractivity contribution in [3.05, 3.63) is 0 Å². The fourth-order valence-corrected chi connectivity index (χ4v) is 2.77. The van der Waals surface area contributed by atoms with Crippen molar-refractivity contribution in [2.24, 2.45) is 5.92 Å². The lowest BCUT2D eigenvalue weighted by atomic mass is 9.86. The predicted octanol–water partition coefficient (Wildman–Crippen LogP) is 3.05. The molecule has 3 unspecified atom stereocenters. The lowest BCUT2D eigenvalue weighted by Crippen LogP contribution is -2.36. The SMILES string of the molecule is CCC(O)CCCN(C)C1CCCC(C)C1. The van der Waals surface area contributed by atoms with Crippen LogP contribution in [0.4, 0.5) is 0 Å². The molecule has 0 bridgehead atoms. The summed E-state index contributed by atoms with van der Waals surface area (Å²) in [6.45, 7) is 5.58. The van der Waals surface area contributed by atoms with Gasteiger partial charge in [-0.15, -0.1) is 0 Å². The van der Waals surface area contributed by atoms with Crippen LogP contribution in [0, 0.1) is 5.92 Å². The van der Waals surface area contributed by atoms with Crippen LogP contribution in [0.3, 0.4) is 0 Å². The molecule has 0 saturated heterocycles. The number of nitrogens with zero attached hydrogens (tertiary/aromatic N) is 1. The summed E-state index contributed by atoms with van der Waals surface area (Å²) in [5, 5.41) is 9.50. The first-order valence-electron chi connectivity index (χ1n) is 7.01. The topological polar surface area (TPSA) is 23.5 Å². The van der Waals surface area contributed by atoms with Gasteiger partial charge in [0.25, 0.3) is 0 Å². The third-order valence-corrected chi connectivity index (χ3v) is 4.05. The second kappa shape index (κ2) is 7.29. The average molecular weight is 227 g/mol. The summed E-state index contributed by atoms with van der Waals surface area (Å²) in [4.78, 5) is 2.51. The Bertz CT molecular complexity index is 184. The Balaban J connectivity index is 2.16. The van der Waals surface area contributed by atoms with Crippen LogP contribution in [0.25, 0.3) is 0 Å². The van der Waals surface area contributed by atoms with Crippen LogP contribution in [0.2, 0.25) is 0 Å². The van der Waals surface area contributed by atoms with E-state index in [2.05, 4.69) is 25.8 Å². The molecule has 0 radical (unpaired) electrons. The molecule has 0 amide bonds. The molecule has 3 atom stereocenters. The van der Waals surface area contributed by atoms with Crippen LogP contribution < -0.4 is 0 Å². The molecule has 2 heteroatoms. The van der Waals surface area contributed by atoms with Crippen LogP contribution in [-0.2, 0) is 0 Å².